The number of fused-ring (bicyclic) bond motifs is 1. The van der Waals surface area contributed by atoms with Crippen LogP contribution in [0.25, 0.3) is 5.69 Å². The lowest BCUT2D eigenvalue weighted by Gasteiger charge is -2.35. The maximum atomic E-state index is 13.3. The molecule has 1 unspecified atom stereocenters. The number of carbonyl (C=O) groups excluding carboxylic acids is 1. The zero-order valence-corrected chi connectivity index (χ0v) is 19.3. The van der Waals surface area contributed by atoms with Gasteiger partial charge in [-0.05, 0) is 47.0 Å². The number of carbonyl (C=O) groups is 1. The van der Waals surface area contributed by atoms with E-state index in [4.69, 9.17) is 4.74 Å². The van der Waals surface area contributed by atoms with E-state index >= 15 is 0 Å². The summed E-state index contributed by atoms with van der Waals surface area (Å²) in [7, 11) is 1.64. The standard InChI is InChI=1S/C22H20N4O2S3/c1-28-17-6-3-2-5-16(17)26-14-23-24-22(26)31-13-20(27)25-10-8-18-15(9-12-30-18)21(25)19-7-4-11-29-19/h2-7,9,11-12,14,21H,8,10,13H2,1H3. The van der Waals surface area contributed by atoms with Crippen molar-refractivity contribution >= 4 is 40.3 Å². The number of methoxy groups -OCH3 is 1. The molecule has 0 aliphatic carbocycles. The second-order valence-electron chi connectivity index (χ2n) is 7.00. The van der Waals surface area contributed by atoms with Crippen molar-refractivity contribution in [2.24, 2.45) is 0 Å². The molecule has 0 bridgehead atoms. The largest absolute Gasteiger partial charge is 0.495 e. The van der Waals surface area contributed by atoms with Crippen LogP contribution in [-0.4, -0.2) is 45.0 Å². The molecule has 158 valence electrons. The Bertz CT molecular complexity index is 1190. The van der Waals surface area contributed by atoms with E-state index in [9.17, 15) is 4.79 Å². The molecule has 6 nitrogen and oxygen atoms in total. The number of amides is 1. The molecule has 4 heterocycles. The van der Waals surface area contributed by atoms with Crippen molar-refractivity contribution in [2.45, 2.75) is 17.6 Å². The number of para-hydroxylation sites is 2. The number of benzene rings is 1. The maximum Gasteiger partial charge on any atom is 0.233 e. The molecule has 0 spiro atoms. The third kappa shape index (κ3) is 3.88. The molecule has 0 N–H and O–H groups in total. The van der Waals surface area contributed by atoms with Crippen molar-refractivity contribution in [1.82, 2.24) is 19.7 Å². The first-order valence-corrected chi connectivity index (χ1v) is 12.6. The van der Waals surface area contributed by atoms with E-state index in [1.165, 1.54) is 27.1 Å². The Morgan fingerprint density at radius 1 is 1.19 bits per heavy atom. The van der Waals surface area contributed by atoms with Crippen LogP contribution in [-0.2, 0) is 11.2 Å². The number of rotatable bonds is 6. The summed E-state index contributed by atoms with van der Waals surface area (Å²) in [6, 6.07) is 14.0. The molecule has 0 radical (unpaired) electrons. The highest BCUT2D eigenvalue weighted by Crippen LogP contribution is 2.40. The average Bonchev–Trinajstić information content (AvgIpc) is 3.58. The Labute approximate surface area is 192 Å². The molecule has 1 aromatic carbocycles. The molecule has 1 aliphatic rings. The minimum absolute atomic E-state index is 0.00446. The van der Waals surface area contributed by atoms with E-state index < -0.39 is 0 Å². The number of thiophene rings is 2. The second-order valence-corrected chi connectivity index (χ2v) is 9.92. The SMILES string of the molecule is COc1ccccc1-n1cnnc1SCC(=O)N1CCc2sccc2C1c1cccs1. The molecule has 1 atom stereocenters. The number of hydrogen-bond acceptors (Lipinski definition) is 7. The van der Waals surface area contributed by atoms with Gasteiger partial charge >= 0.3 is 0 Å². The van der Waals surface area contributed by atoms with E-state index in [1.807, 2.05) is 39.8 Å². The van der Waals surface area contributed by atoms with Crippen LogP contribution in [0.4, 0.5) is 0 Å². The minimum Gasteiger partial charge on any atom is -0.495 e. The zero-order chi connectivity index (χ0) is 21.2. The smallest absolute Gasteiger partial charge is 0.233 e. The number of aromatic nitrogens is 3. The fourth-order valence-electron chi connectivity index (χ4n) is 3.86. The summed E-state index contributed by atoms with van der Waals surface area (Å²) in [5.41, 5.74) is 2.11. The van der Waals surface area contributed by atoms with Crippen molar-refractivity contribution in [3.05, 3.63) is 74.9 Å². The van der Waals surface area contributed by atoms with Gasteiger partial charge in [-0.1, -0.05) is 30.0 Å². The molecule has 0 fully saturated rings. The van der Waals surface area contributed by atoms with Gasteiger partial charge in [0.25, 0.3) is 0 Å². The van der Waals surface area contributed by atoms with Crippen molar-refractivity contribution in [3.8, 4) is 11.4 Å². The summed E-state index contributed by atoms with van der Waals surface area (Å²) in [4.78, 5) is 17.9. The molecule has 1 amide bonds. The van der Waals surface area contributed by atoms with Gasteiger partial charge in [-0.2, -0.15) is 0 Å². The van der Waals surface area contributed by atoms with Crippen LogP contribution in [0.3, 0.4) is 0 Å². The van der Waals surface area contributed by atoms with Gasteiger partial charge in [0.15, 0.2) is 5.16 Å². The van der Waals surface area contributed by atoms with Gasteiger partial charge in [-0.25, -0.2) is 0 Å². The maximum absolute atomic E-state index is 13.3. The van der Waals surface area contributed by atoms with E-state index in [0.29, 0.717) is 10.9 Å². The molecular formula is C22H20N4O2S3. The molecule has 0 saturated carbocycles. The first-order valence-electron chi connectivity index (χ1n) is 9.81. The van der Waals surface area contributed by atoms with Crippen molar-refractivity contribution in [3.63, 3.8) is 0 Å². The second kappa shape index (κ2) is 8.86. The fourth-order valence-corrected chi connectivity index (χ4v) is 6.43. The minimum atomic E-state index is -0.00446. The first kappa shape index (κ1) is 20.3. The molecule has 0 saturated heterocycles. The highest BCUT2D eigenvalue weighted by Gasteiger charge is 2.33. The van der Waals surface area contributed by atoms with Crippen LogP contribution in [0.1, 0.15) is 21.4 Å². The summed E-state index contributed by atoms with van der Waals surface area (Å²) in [5, 5.41) is 13.2. The van der Waals surface area contributed by atoms with Crippen LogP contribution in [0, 0.1) is 0 Å². The Morgan fingerprint density at radius 3 is 2.94 bits per heavy atom. The Morgan fingerprint density at radius 2 is 2.10 bits per heavy atom. The third-order valence-electron chi connectivity index (χ3n) is 5.28. The molecule has 5 rings (SSSR count). The van der Waals surface area contributed by atoms with Gasteiger partial charge in [0.2, 0.25) is 5.91 Å². The van der Waals surface area contributed by atoms with Gasteiger partial charge < -0.3 is 9.64 Å². The van der Waals surface area contributed by atoms with Crippen molar-refractivity contribution < 1.29 is 9.53 Å². The summed E-state index contributed by atoms with van der Waals surface area (Å²) in [5.74, 6) is 1.14. The van der Waals surface area contributed by atoms with Gasteiger partial charge in [-0.15, -0.1) is 32.9 Å². The molecule has 31 heavy (non-hydrogen) atoms. The average molecular weight is 469 g/mol. The number of ether oxygens (including phenoxy) is 1. The van der Waals surface area contributed by atoms with Gasteiger partial charge in [-0.3, -0.25) is 9.36 Å². The van der Waals surface area contributed by atoms with Crippen molar-refractivity contribution in [1.29, 1.82) is 0 Å². The quantitative estimate of drug-likeness (QED) is 0.385. The Hall–Kier alpha value is -2.62. The van der Waals surface area contributed by atoms with Crippen LogP contribution < -0.4 is 4.74 Å². The van der Waals surface area contributed by atoms with Crippen LogP contribution in [0.5, 0.6) is 5.75 Å². The lowest BCUT2D eigenvalue weighted by molar-refractivity contribution is -0.130. The van der Waals surface area contributed by atoms with E-state index in [2.05, 4.69) is 33.1 Å². The lowest BCUT2D eigenvalue weighted by atomic mass is 9.98. The lowest BCUT2D eigenvalue weighted by Crippen LogP contribution is -2.40. The third-order valence-corrected chi connectivity index (χ3v) is 8.13. The monoisotopic (exact) mass is 468 g/mol. The number of hydrogen-bond donors (Lipinski definition) is 0. The number of thioether (sulfide) groups is 1. The molecule has 1 aliphatic heterocycles. The highest BCUT2D eigenvalue weighted by molar-refractivity contribution is 7.99. The summed E-state index contributed by atoms with van der Waals surface area (Å²) >= 11 is 4.88. The molecule has 9 heteroatoms. The normalized spacial score (nSPS) is 15.6. The Balaban J connectivity index is 1.37. The Kier molecular flexibility index (Phi) is 5.80. The van der Waals surface area contributed by atoms with Gasteiger partial charge in [0.1, 0.15) is 12.1 Å². The van der Waals surface area contributed by atoms with E-state index in [-0.39, 0.29) is 11.9 Å². The van der Waals surface area contributed by atoms with Crippen LogP contribution >= 0.6 is 34.4 Å². The summed E-state index contributed by atoms with van der Waals surface area (Å²) < 4.78 is 7.33. The topological polar surface area (TPSA) is 60.2 Å². The summed E-state index contributed by atoms with van der Waals surface area (Å²) in [6.07, 6.45) is 2.56. The first-order chi connectivity index (χ1) is 15.3. The van der Waals surface area contributed by atoms with Crippen LogP contribution in [0.15, 0.2) is 64.7 Å². The molecular weight excluding hydrogens is 448 g/mol. The number of nitrogens with zero attached hydrogens (tertiary/aromatic N) is 4. The van der Waals surface area contributed by atoms with Crippen molar-refractivity contribution in [2.75, 3.05) is 19.4 Å². The zero-order valence-electron chi connectivity index (χ0n) is 16.8. The predicted octanol–water partition coefficient (Wildman–Crippen LogP) is 4.67. The molecule has 3 aromatic heterocycles. The fraction of sp³-hybridized carbons (Fsp3) is 0.227. The van der Waals surface area contributed by atoms with E-state index in [0.717, 1.165) is 24.4 Å². The highest BCUT2D eigenvalue weighted by atomic mass is 32.2. The van der Waals surface area contributed by atoms with Gasteiger partial charge in [0, 0.05) is 16.3 Å². The summed E-state index contributed by atoms with van der Waals surface area (Å²) in [6.45, 7) is 0.731. The van der Waals surface area contributed by atoms with E-state index in [1.54, 1.807) is 36.1 Å². The molecule has 4 aromatic rings. The van der Waals surface area contributed by atoms with Crippen LogP contribution in [0.2, 0.25) is 0 Å². The van der Waals surface area contributed by atoms with Gasteiger partial charge in [0.05, 0.1) is 24.6 Å². The predicted molar refractivity (Wildman–Crippen MR) is 125 cm³/mol.